The van der Waals surface area contributed by atoms with Crippen LogP contribution in [-0.2, 0) is 10.0 Å². The number of aromatic nitrogens is 3. The highest BCUT2D eigenvalue weighted by Crippen LogP contribution is 2.17. The third-order valence-corrected chi connectivity index (χ3v) is 3.05. The second kappa shape index (κ2) is 4.84. The minimum Gasteiger partial charge on any atom is -0.324 e. The van der Waals surface area contributed by atoms with Crippen molar-refractivity contribution in [3.8, 4) is 0 Å². The molecule has 2 aromatic rings. The highest BCUT2D eigenvalue weighted by atomic mass is 35.5. The first-order valence-electron chi connectivity index (χ1n) is 4.69. The lowest BCUT2D eigenvalue weighted by molar-refractivity contribution is 0.598. The van der Waals surface area contributed by atoms with Crippen molar-refractivity contribution in [3.05, 3.63) is 35.9 Å². The zero-order valence-electron chi connectivity index (χ0n) is 8.91. The highest BCUT2D eigenvalue weighted by Gasteiger charge is 2.08. The van der Waals surface area contributed by atoms with Gasteiger partial charge in [-0.2, -0.15) is 4.98 Å². The maximum absolute atomic E-state index is 11.2. The van der Waals surface area contributed by atoms with Gasteiger partial charge in [-0.15, -0.1) is 0 Å². The molecule has 0 fully saturated rings. The van der Waals surface area contributed by atoms with Crippen molar-refractivity contribution in [2.24, 2.45) is 5.14 Å². The average molecular weight is 286 g/mol. The number of nitrogens with two attached hydrogens (primary N) is 1. The van der Waals surface area contributed by atoms with Crippen LogP contribution in [0.15, 0.2) is 35.5 Å². The Kier molecular flexibility index (Phi) is 3.41. The molecule has 18 heavy (non-hydrogen) atoms. The Morgan fingerprint density at radius 3 is 2.72 bits per heavy atom. The normalized spacial score (nSPS) is 11.2. The molecule has 9 heteroatoms. The van der Waals surface area contributed by atoms with Crippen molar-refractivity contribution in [1.29, 1.82) is 0 Å². The molecule has 0 saturated heterocycles. The fraction of sp³-hybridized carbons (Fsp3) is 0. The van der Waals surface area contributed by atoms with E-state index in [1.165, 1.54) is 18.5 Å². The molecular weight excluding hydrogens is 278 g/mol. The summed E-state index contributed by atoms with van der Waals surface area (Å²) in [5.41, 5.74) is 0.476. The molecule has 0 aliphatic carbocycles. The van der Waals surface area contributed by atoms with E-state index in [-0.39, 0.29) is 16.1 Å². The van der Waals surface area contributed by atoms with Crippen molar-refractivity contribution in [3.63, 3.8) is 0 Å². The van der Waals surface area contributed by atoms with Crippen molar-refractivity contribution >= 4 is 33.3 Å². The fourth-order valence-electron chi connectivity index (χ4n) is 1.22. The highest BCUT2D eigenvalue weighted by molar-refractivity contribution is 7.89. The summed E-state index contributed by atoms with van der Waals surface area (Å²) in [6.07, 6.45) is 1.24. The summed E-state index contributed by atoms with van der Waals surface area (Å²) in [6, 6.07) is 5.95. The Hall–Kier alpha value is -1.77. The van der Waals surface area contributed by atoms with Gasteiger partial charge in [-0.1, -0.05) is 6.07 Å². The number of hydrogen-bond acceptors (Lipinski definition) is 6. The molecule has 0 unspecified atom stereocenters. The van der Waals surface area contributed by atoms with Crippen LogP contribution in [0.5, 0.6) is 0 Å². The number of hydrogen-bond donors (Lipinski definition) is 2. The summed E-state index contributed by atoms with van der Waals surface area (Å²) in [5, 5.41) is 7.85. The third-order valence-electron chi connectivity index (χ3n) is 1.96. The van der Waals surface area contributed by atoms with E-state index in [0.717, 1.165) is 0 Å². The zero-order valence-corrected chi connectivity index (χ0v) is 10.5. The van der Waals surface area contributed by atoms with Crippen LogP contribution in [0.25, 0.3) is 0 Å². The summed E-state index contributed by atoms with van der Waals surface area (Å²) in [6.45, 7) is 0. The number of halogens is 1. The second-order valence-electron chi connectivity index (χ2n) is 3.28. The van der Waals surface area contributed by atoms with Crippen LogP contribution in [0.4, 0.5) is 11.6 Å². The maximum Gasteiger partial charge on any atom is 0.238 e. The maximum atomic E-state index is 11.2. The van der Waals surface area contributed by atoms with Gasteiger partial charge in [0.15, 0.2) is 0 Å². The molecule has 2 rings (SSSR count). The van der Waals surface area contributed by atoms with Crippen LogP contribution in [-0.4, -0.2) is 23.4 Å². The molecule has 1 aromatic carbocycles. The predicted molar refractivity (Wildman–Crippen MR) is 65.9 cm³/mol. The van der Waals surface area contributed by atoms with E-state index in [4.69, 9.17) is 16.7 Å². The Morgan fingerprint density at radius 2 is 2.06 bits per heavy atom. The van der Waals surface area contributed by atoms with E-state index in [1.54, 1.807) is 12.1 Å². The standard InChI is InChI=1S/C9H8ClN5O2S/c10-8-12-5-13-9(15-8)14-6-2-1-3-7(4-6)18(11,16)17/h1-5H,(H2,11,16,17)(H,12,13,14,15). The van der Waals surface area contributed by atoms with E-state index < -0.39 is 10.0 Å². The summed E-state index contributed by atoms with van der Waals surface area (Å²) < 4.78 is 22.4. The largest absolute Gasteiger partial charge is 0.324 e. The molecule has 0 aliphatic rings. The van der Waals surface area contributed by atoms with Gasteiger partial charge in [0.25, 0.3) is 0 Å². The van der Waals surface area contributed by atoms with Crippen LogP contribution >= 0.6 is 11.6 Å². The zero-order chi connectivity index (χ0) is 13.2. The Balaban J connectivity index is 2.30. The quantitative estimate of drug-likeness (QED) is 0.867. The molecule has 3 N–H and O–H groups in total. The van der Waals surface area contributed by atoms with Gasteiger partial charge in [0.05, 0.1) is 4.90 Å². The molecule has 1 aromatic heterocycles. The number of benzene rings is 1. The number of rotatable bonds is 3. The number of nitrogens with zero attached hydrogens (tertiary/aromatic N) is 3. The first kappa shape index (κ1) is 12.7. The summed E-state index contributed by atoms with van der Waals surface area (Å²) >= 11 is 5.60. The second-order valence-corrected chi connectivity index (χ2v) is 5.18. The van der Waals surface area contributed by atoms with Gasteiger partial charge in [-0.05, 0) is 29.8 Å². The van der Waals surface area contributed by atoms with E-state index in [1.807, 2.05) is 0 Å². The molecule has 0 atom stereocenters. The van der Waals surface area contributed by atoms with E-state index in [2.05, 4.69) is 20.3 Å². The van der Waals surface area contributed by atoms with E-state index in [9.17, 15) is 8.42 Å². The lowest BCUT2D eigenvalue weighted by Gasteiger charge is -2.05. The van der Waals surface area contributed by atoms with Crippen LogP contribution < -0.4 is 10.5 Å². The van der Waals surface area contributed by atoms with Gasteiger partial charge in [0, 0.05) is 5.69 Å². The van der Waals surface area contributed by atoms with Gasteiger partial charge < -0.3 is 5.32 Å². The number of anilines is 2. The predicted octanol–water partition coefficient (Wildman–Crippen LogP) is 0.916. The molecule has 0 aliphatic heterocycles. The molecule has 94 valence electrons. The van der Waals surface area contributed by atoms with Crippen LogP contribution in [0.3, 0.4) is 0 Å². The molecule has 0 spiro atoms. The van der Waals surface area contributed by atoms with Gasteiger partial charge in [0.1, 0.15) is 6.33 Å². The van der Waals surface area contributed by atoms with E-state index in [0.29, 0.717) is 5.69 Å². The Bertz CT molecular complexity index is 676. The minimum atomic E-state index is -3.74. The van der Waals surface area contributed by atoms with Gasteiger partial charge in [-0.3, -0.25) is 0 Å². The van der Waals surface area contributed by atoms with Gasteiger partial charge in [0.2, 0.25) is 21.3 Å². The molecule has 7 nitrogen and oxygen atoms in total. The molecule has 0 bridgehead atoms. The number of nitrogens with one attached hydrogen (secondary N) is 1. The molecule has 0 radical (unpaired) electrons. The minimum absolute atomic E-state index is 0.00680. The summed E-state index contributed by atoms with van der Waals surface area (Å²) in [7, 11) is -3.74. The molecule has 1 heterocycles. The van der Waals surface area contributed by atoms with Crippen LogP contribution in [0.2, 0.25) is 5.28 Å². The van der Waals surface area contributed by atoms with Crippen LogP contribution in [0, 0.1) is 0 Å². The van der Waals surface area contributed by atoms with Crippen molar-refractivity contribution in [2.45, 2.75) is 4.90 Å². The van der Waals surface area contributed by atoms with E-state index >= 15 is 0 Å². The number of primary sulfonamides is 1. The smallest absolute Gasteiger partial charge is 0.238 e. The molecular formula is C9H8ClN5O2S. The fourth-order valence-corrected chi connectivity index (χ4v) is 1.90. The first-order chi connectivity index (χ1) is 8.45. The van der Waals surface area contributed by atoms with Crippen molar-refractivity contribution in [1.82, 2.24) is 15.0 Å². The topological polar surface area (TPSA) is 111 Å². The Labute approximate surface area is 108 Å². The lowest BCUT2D eigenvalue weighted by Crippen LogP contribution is -2.12. The van der Waals surface area contributed by atoms with Crippen molar-refractivity contribution in [2.75, 3.05) is 5.32 Å². The average Bonchev–Trinajstić information content (AvgIpc) is 2.28. The van der Waals surface area contributed by atoms with Crippen molar-refractivity contribution < 1.29 is 8.42 Å². The summed E-state index contributed by atoms with van der Waals surface area (Å²) in [4.78, 5) is 11.3. The molecule has 0 amide bonds. The number of sulfonamides is 1. The Morgan fingerprint density at radius 1 is 1.28 bits per heavy atom. The lowest BCUT2D eigenvalue weighted by atomic mass is 10.3. The first-order valence-corrected chi connectivity index (χ1v) is 6.62. The molecule has 0 saturated carbocycles. The SMILES string of the molecule is NS(=O)(=O)c1cccc(Nc2ncnc(Cl)n2)c1. The monoisotopic (exact) mass is 285 g/mol. The summed E-state index contributed by atoms with van der Waals surface area (Å²) in [5.74, 6) is 0.210. The van der Waals surface area contributed by atoms with Gasteiger partial charge >= 0.3 is 0 Å². The van der Waals surface area contributed by atoms with Crippen LogP contribution in [0.1, 0.15) is 0 Å². The third kappa shape index (κ3) is 3.13. The van der Waals surface area contributed by atoms with Gasteiger partial charge in [-0.25, -0.2) is 23.5 Å².